The maximum Gasteiger partial charge on any atom is 0.508 e. The summed E-state index contributed by atoms with van der Waals surface area (Å²) in [6.07, 6.45) is -0.214. The lowest BCUT2D eigenvalue weighted by molar-refractivity contribution is -0.109. The van der Waals surface area contributed by atoms with E-state index < -0.39 is 6.16 Å². The van der Waals surface area contributed by atoms with Gasteiger partial charge in [0.25, 0.3) is 0 Å². The molecule has 0 saturated carbocycles. The topological polar surface area (TPSA) is 64.6 Å². The van der Waals surface area contributed by atoms with Crippen LogP contribution >= 0.6 is 0 Å². The summed E-state index contributed by atoms with van der Waals surface area (Å²) in [6, 6.07) is 0. The summed E-state index contributed by atoms with van der Waals surface area (Å²) in [4.78, 5) is 19.9. The molecule has 0 bridgehead atoms. The molecule has 0 aromatic heterocycles. The highest BCUT2D eigenvalue weighted by atomic mass is 16.7. The van der Waals surface area contributed by atoms with Crippen LogP contribution < -0.4 is 5.32 Å². The van der Waals surface area contributed by atoms with Crippen LogP contribution in [0, 0.1) is 0 Å². The van der Waals surface area contributed by atoms with E-state index >= 15 is 0 Å². The number of nitrogens with one attached hydrogen (secondary N) is 1. The lowest BCUT2D eigenvalue weighted by atomic mass is 10.7. The second kappa shape index (κ2) is 5.87. The molecule has 0 aromatic rings. The maximum absolute atomic E-state index is 10.2. The SMILES string of the molecule is COC(=O)OCCNC=O. The molecule has 0 aromatic carbocycles. The molecule has 0 saturated heterocycles. The van der Waals surface area contributed by atoms with Crippen molar-refractivity contribution in [3.8, 4) is 0 Å². The van der Waals surface area contributed by atoms with Crippen molar-refractivity contribution in [1.29, 1.82) is 0 Å². The van der Waals surface area contributed by atoms with Crippen molar-refractivity contribution >= 4 is 12.6 Å². The molecule has 0 rings (SSSR count). The second-order valence-corrected chi connectivity index (χ2v) is 1.37. The highest BCUT2D eigenvalue weighted by molar-refractivity contribution is 5.59. The fraction of sp³-hybridized carbons (Fsp3) is 0.600. The highest BCUT2D eigenvalue weighted by Crippen LogP contribution is 1.78. The van der Waals surface area contributed by atoms with Crippen molar-refractivity contribution in [3.63, 3.8) is 0 Å². The predicted molar refractivity (Wildman–Crippen MR) is 32.4 cm³/mol. The van der Waals surface area contributed by atoms with E-state index in [1.807, 2.05) is 0 Å². The van der Waals surface area contributed by atoms with Crippen LogP contribution in [0.25, 0.3) is 0 Å². The molecule has 0 fully saturated rings. The van der Waals surface area contributed by atoms with Crippen LogP contribution in [-0.2, 0) is 14.3 Å². The summed E-state index contributed by atoms with van der Waals surface area (Å²) in [5, 5.41) is 2.31. The molecule has 10 heavy (non-hydrogen) atoms. The predicted octanol–water partition coefficient (Wildman–Crippen LogP) is -0.485. The third-order valence-electron chi connectivity index (χ3n) is 0.716. The molecule has 0 aliphatic heterocycles. The van der Waals surface area contributed by atoms with E-state index in [0.29, 0.717) is 13.0 Å². The first-order chi connectivity index (χ1) is 4.81. The van der Waals surface area contributed by atoms with Crippen molar-refractivity contribution in [2.75, 3.05) is 20.3 Å². The summed E-state index contributed by atoms with van der Waals surface area (Å²) in [5.74, 6) is 0. The number of carbonyl (C=O) groups excluding carboxylic acids is 2. The molecule has 5 heteroatoms. The van der Waals surface area contributed by atoms with Crippen molar-refractivity contribution in [2.45, 2.75) is 0 Å². The quantitative estimate of drug-likeness (QED) is 0.331. The Kier molecular flexibility index (Phi) is 5.13. The lowest BCUT2D eigenvalue weighted by Gasteiger charge is -2.00. The number of methoxy groups -OCH3 is 1. The fourth-order valence-electron chi connectivity index (χ4n) is 0.311. The molecular weight excluding hydrogens is 138 g/mol. The Morgan fingerprint density at radius 2 is 2.40 bits per heavy atom. The van der Waals surface area contributed by atoms with Crippen LogP contribution in [0.4, 0.5) is 4.79 Å². The molecule has 0 aliphatic carbocycles. The van der Waals surface area contributed by atoms with Crippen molar-refractivity contribution < 1.29 is 19.1 Å². The summed E-state index contributed by atoms with van der Waals surface area (Å²) < 4.78 is 8.56. The smallest absolute Gasteiger partial charge is 0.438 e. The number of rotatable bonds is 4. The molecule has 0 radical (unpaired) electrons. The van der Waals surface area contributed by atoms with Gasteiger partial charge in [-0.25, -0.2) is 4.79 Å². The van der Waals surface area contributed by atoms with Gasteiger partial charge in [-0.3, -0.25) is 4.79 Å². The second-order valence-electron chi connectivity index (χ2n) is 1.37. The molecule has 1 N–H and O–H groups in total. The Bertz CT molecular complexity index is 114. The van der Waals surface area contributed by atoms with Gasteiger partial charge in [-0.2, -0.15) is 0 Å². The van der Waals surface area contributed by atoms with E-state index in [4.69, 9.17) is 0 Å². The van der Waals surface area contributed by atoms with Crippen molar-refractivity contribution in [3.05, 3.63) is 0 Å². The van der Waals surface area contributed by atoms with E-state index in [1.54, 1.807) is 0 Å². The molecule has 58 valence electrons. The minimum atomic E-state index is -0.743. The van der Waals surface area contributed by atoms with Crippen LogP contribution in [-0.4, -0.2) is 32.8 Å². The van der Waals surface area contributed by atoms with Gasteiger partial charge in [-0.1, -0.05) is 0 Å². The molecule has 5 nitrogen and oxygen atoms in total. The first kappa shape index (κ1) is 8.74. The summed E-state index contributed by atoms with van der Waals surface area (Å²) in [7, 11) is 1.22. The van der Waals surface area contributed by atoms with Crippen LogP contribution in [0.1, 0.15) is 0 Å². The average molecular weight is 147 g/mol. The van der Waals surface area contributed by atoms with Gasteiger partial charge in [-0.15, -0.1) is 0 Å². The number of hydrogen-bond acceptors (Lipinski definition) is 4. The van der Waals surface area contributed by atoms with Crippen LogP contribution in [0.5, 0.6) is 0 Å². The highest BCUT2D eigenvalue weighted by Gasteiger charge is 1.96. The zero-order chi connectivity index (χ0) is 7.82. The summed E-state index contributed by atoms with van der Waals surface area (Å²) in [6.45, 7) is 0.435. The lowest BCUT2D eigenvalue weighted by Crippen LogP contribution is -2.19. The first-order valence-corrected chi connectivity index (χ1v) is 2.69. The Hall–Kier alpha value is -1.26. The zero-order valence-electron chi connectivity index (χ0n) is 5.62. The molecule has 0 spiro atoms. The Balaban J connectivity index is 3.03. The molecule has 0 heterocycles. The van der Waals surface area contributed by atoms with Crippen LogP contribution in [0.15, 0.2) is 0 Å². The monoisotopic (exact) mass is 147 g/mol. The molecular formula is C5H9NO4. The van der Waals surface area contributed by atoms with E-state index in [0.717, 1.165) is 0 Å². The van der Waals surface area contributed by atoms with Gasteiger partial charge in [0.2, 0.25) is 6.41 Å². The van der Waals surface area contributed by atoms with Crippen LogP contribution in [0.3, 0.4) is 0 Å². The standard InChI is InChI=1S/C5H9NO4/c1-9-5(8)10-3-2-6-4-7/h4H,2-3H2,1H3,(H,6,7). The number of hydrogen-bond donors (Lipinski definition) is 1. The molecule has 1 amide bonds. The van der Waals surface area contributed by atoms with Gasteiger partial charge in [-0.05, 0) is 0 Å². The maximum atomic E-state index is 10.2. The van der Waals surface area contributed by atoms with Gasteiger partial charge in [0.1, 0.15) is 6.61 Å². The van der Waals surface area contributed by atoms with Gasteiger partial charge in [0.15, 0.2) is 0 Å². The summed E-state index contributed by atoms with van der Waals surface area (Å²) >= 11 is 0. The van der Waals surface area contributed by atoms with E-state index in [1.165, 1.54) is 7.11 Å². The van der Waals surface area contributed by atoms with Gasteiger partial charge in [0, 0.05) is 0 Å². The molecule has 0 atom stereocenters. The Morgan fingerprint density at radius 3 is 2.90 bits per heavy atom. The number of carbonyl (C=O) groups is 2. The van der Waals surface area contributed by atoms with Crippen molar-refractivity contribution in [2.24, 2.45) is 0 Å². The fourth-order valence-corrected chi connectivity index (χ4v) is 0.311. The normalized spacial score (nSPS) is 8.10. The molecule has 0 aliphatic rings. The van der Waals surface area contributed by atoms with E-state index in [9.17, 15) is 9.59 Å². The van der Waals surface area contributed by atoms with E-state index in [-0.39, 0.29) is 6.61 Å². The third kappa shape index (κ3) is 4.89. The zero-order valence-corrected chi connectivity index (χ0v) is 5.62. The number of ether oxygens (including phenoxy) is 2. The largest absolute Gasteiger partial charge is 0.508 e. The van der Waals surface area contributed by atoms with Crippen molar-refractivity contribution in [1.82, 2.24) is 5.32 Å². The van der Waals surface area contributed by atoms with Gasteiger partial charge in [0.05, 0.1) is 13.7 Å². The summed E-state index contributed by atoms with van der Waals surface area (Å²) in [5.41, 5.74) is 0. The third-order valence-corrected chi connectivity index (χ3v) is 0.716. The van der Waals surface area contributed by atoms with E-state index in [2.05, 4.69) is 14.8 Å². The average Bonchev–Trinajstić information content (AvgIpc) is 1.98. The Morgan fingerprint density at radius 1 is 1.70 bits per heavy atom. The number of amides is 1. The van der Waals surface area contributed by atoms with Gasteiger partial charge >= 0.3 is 6.16 Å². The van der Waals surface area contributed by atoms with Gasteiger partial charge < -0.3 is 14.8 Å². The molecule has 0 unspecified atom stereocenters. The minimum absolute atomic E-state index is 0.130. The Labute approximate surface area is 58.3 Å². The van der Waals surface area contributed by atoms with Crippen LogP contribution in [0.2, 0.25) is 0 Å². The first-order valence-electron chi connectivity index (χ1n) is 2.69. The minimum Gasteiger partial charge on any atom is -0.438 e.